The van der Waals surface area contributed by atoms with E-state index in [4.69, 9.17) is 4.52 Å². The second-order valence-electron chi connectivity index (χ2n) is 8.57. The number of nitrogens with zero attached hydrogens (tertiary/aromatic N) is 1. The number of hydrogen-bond donors (Lipinski definition) is 1. The fourth-order valence-electron chi connectivity index (χ4n) is 4.34. The lowest BCUT2D eigenvalue weighted by molar-refractivity contribution is -0.141. The molecular formula is C26H28NO4P. The van der Waals surface area contributed by atoms with Gasteiger partial charge in [0.25, 0.3) is 0 Å². The molecule has 0 spiro atoms. The predicted molar refractivity (Wildman–Crippen MR) is 127 cm³/mol. The minimum absolute atomic E-state index is 0.121. The third-order valence-electron chi connectivity index (χ3n) is 5.95. The fraction of sp³-hybridized carbons (Fsp3) is 0.269. The monoisotopic (exact) mass is 449 g/mol. The number of hydrogen-bond acceptors (Lipinski definition) is 3. The molecule has 32 heavy (non-hydrogen) atoms. The van der Waals surface area contributed by atoms with Crippen LogP contribution in [-0.4, -0.2) is 28.8 Å². The molecule has 4 rings (SSSR count). The van der Waals surface area contributed by atoms with Crippen LogP contribution in [-0.2, 0) is 13.9 Å². The van der Waals surface area contributed by atoms with E-state index < -0.39 is 25.6 Å². The molecule has 1 N–H and O–H groups in total. The molecule has 2 atom stereocenters. The number of carboxylic acids is 1. The van der Waals surface area contributed by atoms with Crippen molar-refractivity contribution in [3.63, 3.8) is 0 Å². The van der Waals surface area contributed by atoms with Crippen LogP contribution in [0.2, 0.25) is 0 Å². The lowest BCUT2D eigenvalue weighted by Crippen LogP contribution is -2.40. The van der Waals surface area contributed by atoms with Gasteiger partial charge in [0.1, 0.15) is 12.1 Å². The number of carboxylic acid groups (broad SMARTS) is 1. The number of rotatable bonds is 8. The lowest BCUT2D eigenvalue weighted by Gasteiger charge is -2.35. The van der Waals surface area contributed by atoms with Crippen LogP contribution in [0.1, 0.15) is 37.5 Å². The molecule has 0 fully saturated rings. The highest BCUT2D eigenvalue weighted by molar-refractivity contribution is 7.64. The van der Waals surface area contributed by atoms with E-state index in [9.17, 15) is 14.5 Å². The Labute approximate surface area is 189 Å². The number of likely N-dealkylation sites (N-methyl/N-ethyl adjacent to an activating group) is 1. The van der Waals surface area contributed by atoms with Crippen LogP contribution in [0.25, 0.3) is 11.1 Å². The SMILES string of the molecule is CC(C)C[C@@H](C(=O)O)N(C)[P@@](=O)(OC1c2ccccc2-c2ccccc21)c1ccccc1. The smallest absolute Gasteiger partial charge is 0.321 e. The van der Waals surface area contributed by atoms with Crippen molar-refractivity contribution in [3.8, 4) is 11.1 Å². The molecule has 0 heterocycles. The second kappa shape index (κ2) is 9.03. The van der Waals surface area contributed by atoms with E-state index in [-0.39, 0.29) is 5.92 Å². The second-order valence-corrected chi connectivity index (χ2v) is 11.0. The van der Waals surface area contributed by atoms with Crippen LogP contribution in [0.4, 0.5) is 0 Å². The van der Waals surface area contributed by atoms with E-state index in [0.717, 1.165) is 22.3 Å². The zero-order chi connectivity index (χ0) is 22.9. The minimum Gasteiger partial charge on any atom is -0.480 e. The van der Waals surface area contributed by atoms with Crippen LogP contribution in [0.3, 0.4) is 0 Å². The molecule has 166 valence electrons. The fourth-order valence-corrected chi connectivity index (χ4v) is 6.60. The summed E-state index contributed by atoms with van der Waals surface area (Å²) in [6.07, 6.45) is -0.187. The van der Waals surface area contributed by atoms with Gasteiger partial charge in [-0.15, -0.1) is 0 Å². The van der Waals surface area contributed by atoms with Crippen molar-refractivity contribution in [2.75, 3.05) is 7.05 Å². The highest BCUT2D eigenvalue weighted by atomic mass is 31.2. The maximum absolute atomic E-state index is 14.7. The molecule has 0 aliphatic heterocycles. The normalized spacial score (nSPS) is 15.9. The van der Waals surface area contributed by atoms with E-state index in [1.807, 2.05) is 68.4 Å². The average molecular weight is 449 g/mol. The van der Waals surface area contributed by atoms with Crippen LogP contribution in [0.15, 0.2) is 78.9 Å². The molecule has 6 heteroatoms. The van der Waals surface area contributed by atoms with Crippen LogP contribution < -0.4 is 5.30 Å². The van der Waals surface area contributed by atoms with Gasteiger partial charge in [-0.1, -0.05) is 80.6 Å². The van der Waals surface area contributed by atoms with Gasteiger partial charge in [-0.2, -0.15) is 0 Å². The first-order valence-corrected chi connectivity index (χ1v) is 12.4. The molecule has 0 saturated heterocycles. The van der Waals surface area contributed by atoms with E-state index in [0.29, 0.717) is 11.7 Å². The maximum Gasteiger partial charge on any atom is 0.321 e. The molecule has 0 amide bonds. The average Bonchev–Trinajstić information content (AvgIpc) is 3.11. The summed E-state index contributed by atoms with van der Waals surface area (Å²) >= 11 is 0. The third-order valence-corrected chi connectivity index (χ3v) is 8.51. The molecule has 0 aromatic heterocycles. The lowest BCUT2D eigenvalue weighted by atomic mass is 10.0. The highest BCUT2D eigenvalue weighted by Crippen LogP contribution is 2.58. The van der Waals surface area contributed by atoms with Gasteiger partial charge in [0.05, 0.1) is 5.30 Å². The molecule has 1 aliphatic carbocycles. The Kier molecular flexibility index (Phi) is 6.34. The predicted octanol–water partition coefficient (Wildman–Crippen LogP) is 5.72. The standard InChI is InChI=1S/C26H28NO4P/c1-18(2)17-24(26(28)29)27(3)32(30,19-11-5-4-6-12-19)31-25-22-15-9-7-13-20(22)21-14-8-10-16-23(21)25/h4-16,18,24-25H,17H2,1-3H3,(H,28,29)/t24-,32-/m0/s1. The Morgan fingerprint density at radius 1 is 0.938 bits per heavy atom. The molecular weight excluding hydrogens is 421 g/mol. The number of benzene rings is 3. The van der Waals surface area contributed by atoms with Crippen molar-refractivity contribution in [1.29, 1.82) is 0 Å². The topological polar surface area (TPSA) is 66.8 Å². The first-order chi connectivity index (χ1) is 15.3. The summed E-state index contributed by atoms with van der Waals surface area (Å²) in [6, 6.07) is 23.9. The number of aliphatic carboxylic acids is 1. The number of fused-ring (bicyclic) bond motifs is 3. The molecule has 3 aromatic carbocycles. The van der Waals surface area contributed by atoms with Gasteiger partial charge >= 0.3 is 13.5 Å². The Bertz CT molecular complexity index is 1120. The highest BCUT2D eigenvalue weighted by Gasteiger charge is 2.43. The van der Waals surface area contributed by atoms with Gasteiger partial charge in [0.15, 0.2) is 0 Å². The summed E-state index contributed by atoms with van der Waals surface area (Å²) in [5, 5.41) is 10.4. The van der Waals surface area contributed by atoms with E-state index in [2.05, 4.69) is 0 Å². The summed E-state index contributed by atoms with van der Waals surface area (Å²) in [5.74, 6) is -0.885. The summed E-state index contributed by atoms with van der Waals surface area (Å²) in [5.41, 5.74) is 3.97. The largest absolute Gasteiger partial charge is 0.480 e. The summed E-state index contributed by atoms with van der Waals surface area (Å²) in [6.45, 7) is 3.92. The molecule has 0 bridgehead atoms. The molecule has 0 saturated carbocycles. The summed E-state index contributed by atoms with van der Waals surface area (Å²) < 4.78 is 22.6. The Hall–Kier alpha value is -2.72. The van der Waals surface area contributed by atoms with E-state index in [1.54, 1.807) is 31.3 Å². The summed E-state index contributed by atoms with van der Waals surface area (Å²) in [7, 11) is -2.14. The van der Waals surface area contributed by atoms with Crippen molar-refractivity contribution in [2.45, 2.75) is 32.4 Å². The third kappa shape index (κ3) is 4.04. The first kappa shape index (κ1) is 22.5. The van der Waals surface area contributed by atoms with Crippen LogP contribution in [0.5, 0.6) is 0 Å². The molecule has 0 radical (unpaired) electrons. The van der Waals surface area contributed by atoms with E-state index >= 15 is 0 Å². The van der Waals surface area contributed by atoms with Crippen molar-refractivity contribution in [3.05, 3.63) is 90.0 Å². The molecule has 3 aromatic rings. The van der Waals surface area contributed by atoms with Crippen molar-refractivity contribution in [1.82, 2.24) is 4.67 Å². The maximum atomic E-state index is 14.7. The first-order valence-electron chi connectivity index (χ1n) is 10.8. The van der Waals surface area contributed by atoms with Gasteiger partial charge in [0.2, 0.25) is 0 Å². The Morgan fingerprint density at radius 2 is 1.44 bits per heavy atom. The summed E-state index contributed by atoms with van der Waals surface area (Å²) in [4.78, 5) is 12.2. The number of carbonyl (C=O) groups is 1. The van der Waals surface area contributed by atoms with Crippen molar-refractivity contribution >= 4 is 18.8 Å². The molecule has 1 aliphatic rings. The van der Waals surface area contributed by atoms with Gasteiger partial charge in [0, 0.05) is 0 Å². The zero-order valence-corrected chi connectivity index (χ0v) is 19.4. The quantitative estimate of drug-likeness (QED) is 0.446. The van der Waals surface area contributed by atoms with Crippen molar-refractivity contribution < 1.29 is 19.0 Å². The van der Waals surface area contributed by atoms with Gasteiger partial charge in [-0.25, -0.2) is 4.67 Å². The molecule has 5 nitrogen and oxygen atoms in total. The zero-order valence-electron chi connectivity index (χ0n) is 18.5. The minimum atomic E-state index is -3.74. The van der Waals surface area contributed by atoms with E-state index in [1.165, 1.54) is 4.67 Å². The van der Waals surface area contributed by atoms with Gasteiger partial charge < -0.3 is 9.63 Å². The Morgan fingerprint density at radius 3 is 1.94 bits per heavy atom. The Balaban J connectivity index is 1.83. The van der Waals surface area contributed by atoms with Gasteiger partial charge in [-0.05, 0) is 53.8 Å². The van der Waals surface area contributed by atoms with Gasteiger partial charge in [-0.3, -0.25) is 9.36 Å². The molecule has 0 unspecified atom stereocenters. The van der Waals surface area contributed by atoms with Crippen LogP contribution >= 0.6 is 7.52 Å². The van der Waals surface area contributed by atoms with Crippen molar-refractivity contribution in [2.24, 2.45) is 5.92 Å². The van der Waals surface area contributed by atoms with Crippen LogP contribution in [0, 0.1) is 5.92 Å².